The second-order valence-electron chi connectivity index (χ2n) is 24.4. The van der Waals surface area contributed by atoms with Gasteiger partial charge in [0.05, 0.1) is 23.7 Å². The van der Waals surface area contributed by atoms with Gasteiger partial charge in [-0.3, -0.25) is 19.2 Å². The molecule has 0 fully saturated rings. The van der Waals surface area contributed by atoms with Crippen molar-refractivity contribution in [1.29, 1.82) is 0 Å². The van der Waals surface area contributed by atoms with Gasteiger partial charge in [-0.05, 0) is 51.4 Å². The molecular formula is C70H130O9. The molecule has 464 valence electrons. The fourth-order valence-corrected chi connectivity index (χ4v) is 11.5. The zero-order chi connectivity index (χ0) is 57.8. The van der Waals surface area contributed by atoms with E-state index in [1.807, 2.05) is 0 Å². The van der Waals surface area contributed by atoms with Gasteiger partial charge >= 0.3 is 23.9 Å². The quantitative estimate of drug-likeness (QED) is 0.0334. The monoisotopic (exact) mass is 1110 g/mol. The van der Waals surface area contributed by atoms with Gasteiger partial charge < -0.3 is 23.7 Å². The summed E-state index contributed by atoms with van der Waals surface area (Å²) in [4.78, 5) is 58.7. The number of carbonyl (C=O) groups is 4. The van der Waals surface area contributed by atoms with Gasteiger partial charge in [0.25, 0.3) is 0 Å². The highest BCUT2D eigenvalue weighted by atomic mass is 16.6. The summed E-state index contributed by atoms with van der Waals surface area (Å²) in [6, 6.07) is 0. The molecule has 0 saturated carbocycles. The van der Waals surface area contributed by atoms with Crippen molar-refractivity contribution in [3.05, 3.63) is 11.5 Å². The van der Waals surface area contributed by atoms with Crippen molar-refractivity contribution in [2.75, 3.05) is 13.2 Å². The minimum Gasteiger partial charge on any atom is -0.461 e. The van der Waals surface area contributed by atoms with Crippen LogP contribution < -0.4 is 0 Å². The van der Waals surface area contributed by atoms with E-state index in [9.17, 15) is 19.2 Å². The SMILES string of the molecule is CCCCCCCCC(CCCCCC)C(=O)OCC(OC(=O)C(CCCCCC)CCCCCCCC)C1OCC(OC(=O)C(CCCCCC)CCCCCCCC)=C1OC(=O)C(CCCCCC)CCCCCCCC. The molecule has 0 radical (unpaired) electrons. The molecule has 0 aliphatic carbocycles. The standard InChI is InChI=1S/C70H130O9/c1-9-17-25-33-37-45-50-59(49-41-29-21-13-5)67(71)76-58-63(77-68(72)60(51-42-30-22-14-6)54-46-38-34-26-18-10-2)65-66(79-70(74)62(53-44-32-24-16-8)56-48-40-36-28-20-12-4)64(57-75-65)78-69(73)61(52-43-31-23-15-7)55-47-39-35-27-19-11-3/h59-63,65H,9-58H2,1-8H3. The number of esters is 4. The third-order valence-electron chi connectivity index (χ3n) is 16.9. The molecular weight excluding hydrogens is 985 g/mol. The molecule has 9 nitrogen and oxygen atoms in total. The Morgan fingerprint density at radius 2 is 0.595 bits per heavy atom. The van der Waals surface area contributed by atoms with Crippen molar-refractivity contribution in [1.82, 2.24) is 0 Å². The molecule has 0 N–H and O–H groups in total. The first-order valence-corrected chi connectivity index (χ1v) is 34.8. The van der Waals surface area contributed by atoms with Crippen LogP contribution in [-0.2, 0) is 42.9 Å². The van der Waals surface area contributed by atoms with Gasteiger partial charge in [0.1, 0.15) is 13.2 Å². The highest BCUT2D eigenvalue weighted by Gasteiger charge is 2.43. The lowest BCUT2D eigenvalue weighted by Crippen LogP contribution is -2.40. The van der Waals surface area contributed by atoms with Crippen molar-refractivity contribution >= 4 is 23.9 Å². The van der Waals surface area contributed by atoms with Crippen molar-refractivity contribution < 1.29 is 42.9 Å². The van der Waals surface area contributed by atoms with Crippen LogP contribution in [0.15, 0.2) is 11.5 Å². The first-order valence-electron chi connectivity index (χ1n) is 34.8. The molecule has 9 heteroatoms. The maximum absolute atomic E-state index is 14.9. The molecule has 0 aromatic carbocycles. The number of hydrogen-bond acceptors (Lipinski definition) is 9. The Morgan fingerprint density at radius 1 is 0.342 bits per heavy atom. The molecule has 1 aliphatic heterocycles. The van der Waals surface area contributed by atoms with Crippen LogP contribution in [0.25, 0.3) is 0 Å². The number of hydrogen-bond donors (Lipinski definition) is 0. The molecule has 0 aromatic rings. The Bertz CT molecular complexity index is 1480. The van der Waals surface area contributed by atoms with E-state index in [1.165, 1.54) is 83.5 Å². The zero-order valence-electron chi connectivity index (χ0n) is 53.5. The van der Waals surface area contributed by atoms with E-state index in [0.29, 0.717) is 6.42 Å². The van der Waals surface area contributed by atoms with E-state index in [4.69, 9.17) is 23.7 Å². The van der Waals surface area contributed by atoms with Crippen LogP contribution in [0.1, 0.15) is 364 Å². The summed E-state index contributed by atoms with van der Waals surface area (Å²) in [6.07, 6.45) is 47.8. The maximum Gasteiger partial charge on any atom is 0.314 e. The van der Waals surface area contributed by atoms with Crippen LogP contribution in [0.4, 0.5) is 0 Å². The molecule has 0 saturated heterocycles. The van der Waals surface area contributed by atoms with Crippen molar-refractivity contribution in [3.8, 4) is 0 Å². The van der Waals surface area contributed by atoms with E-state index < -0.39 is 12.2 Å². The molecule has 0 bridgehead atoms. The summed E-state index contributed by atoms with van der Waals surface area (Å²) in [5.74, 6) is -2.19. The number of rotatable bonds is 58. The predicted molar refractivity (Wildman–Crippen MR) is 331 cm³/mol. The van der Waals surface area contributed by atoms with E-state index in [2.05, 4.69) is 55.4 Å². The zero-order valence-corrected chi connectivity index (χ0v) is 53.5. The second-order valence-corrected chi connectivity index (χ2v) is 24.4. The highest BCUT2D eigenvalue weighted by Crippen LogP contribution is 2.34. The Morgan fingerprint density at radius 3 is 0.911 bits per heavy atom. The minimum atomic E-state index is -1.11. The second kappa shape index (κ2) is 53.6. The van der Waals surface area contributed by atoms with Crippen molar-refractivity contribution in [3.63, 3.8) is 0 Å². The molecule has 0 aromatic heterocycles. The highest BCUT2D eigenvalue weighted by molar-refractivity contribution is 5.76. The molecule has 6 atom stereocenters. The first kappa shape index (κ1) is 74.6. The molecule has 1 rings (SSSR count). The van der Waals surface area contributed by atoms with Crippen LogP contribution in [-0.4, -0.2) is 49.3 Å². The Kier molecular flexibility index (Phi) is 50.6. The van der Waals surface area contributed by atoms with Gasteiger partial charge in [0, 0.05) is 0 Å². The van der Waals surface area contributed by atoms with Gasteiger partial charge in [0.15, 0.2) is 23.7 Å². The lowest BCUT2D eigenvalue weighted by molar-refractivity contribution is -0.174. The average molecular weight is 1120 g/mol. The van der Waals surface area contributed by atoms with Crippen LogP contribution in [0.5, 0.6) is 0 Å². The van der Waals surface area contributed by atoms with Crippen LogP contribution in [0, 0.1) is 23.7 Å². The summed E-state index contributed by atoms with van der Waals surface area (Å²) < 4.78 is 32.8. The summed E-state index contributed by atoms with van der Waals surface area (Å²) in [5.41, 5.74) is 0. The lowest BCUT2D eigenvalue weighted by Gasteiger charge is -2.28. The van der Waals surface area contributed by atoms with Gasteiger partial charge in [-0.15, -0.1) is 0 Å². The van der Waals surface area contributed by atoms with Gasteiger partial charge in [-0.25, -0.2) is 0 Å². The third-order valence-corrected chi connectivity index (χ3v) is 16.9. The van der Waals surface area contributed by atoms with Crippen LogP contribution in [0.2, 0.25) is 0 Å². The number of ether oxygens (including phenoxy) is 5. The summed E-state index contributed by atoms with van der Waals surface area (Å²) in [6.45, 7) is 17.4. The smallest absolute Gasteiger partial charge is 0.314 e. The predicted octanol–water partition coefficient (Wildman–Crippen LogP) is 21.5. The number of unbranched alkanes of at least 4 members (excludes halogenated alkanes) is 32. The molecule has 0 amide bonds. The summed E-state index contributed by atoms with van der Waals surface area (Å²) >= 11 is 0. The molecule has 0 spiro atoms. The fraction of sp³-hybridized carbons (Fsp3) is 0.914. The Balaban J connectivity index is 3.92. The normalized spacial score (nSPS) is 15.5. The van der Waals surface area contributed by atoms with Crippen LogP contribution in [0.3, 0.4) is 0 Å². The minimum absolute atomic E-state index is 0.108. The number of carbonyl (C=O) groups excluding carboxylic acids is 4. The summed E-state index contributed by atoms with van der Waals surface area (Å²) in [7, 11) is 0. The lowest BCUT2D eigenvalue weighted by atomic mass is 9.94. The van der Waals surface area contributed by atoms with E-state index in [0.717, 1.165) is 218 Å². The van der Waals surface area contributed by atoms with Gasteiger partial charge in [-0.1, -0.05) is 312 Å². The molecule has 1 aliphatic rings. The van der Waals surface area contributed by atoms with Crippen molar-refractivity contribution in [2.45, 2.75) is 376 Å². The average Bonchev–Trinajstić information content (AvgIpc) is 3.84. The maximum atomic E-state index is 14.9. The fourth-order valence-electron chi connectivity index (χ4n) is 11.5. The van der Waals surface area contributed by atoms with Crippen molar-refractivity contribution in [2.24, 2.45) is 23.7 Å². The van der Waals surface area contributed by atoms with Gasteiger partial charge in [0.2, 0.25) is 0 Å². The Hall–Kier alpha value is -2.42. The van der Waals surface area contributed by atoms with E-state index in [1.54, 1.807) is 0 Å². The molecule has 6 unspecified atom stereocenters. The van der Waals surface area contributed by atoms with E-state index in [-0.39, 0.29) is 72.3 Å². The topological polar surface area (TPSA) is 114 Å². The largest absolute Gasteiger partial charge is 0.461 e. The Labute approximate surface area is 488 Å². The van der Waals surface area contributed by atoms with Gasteiger partial charge in [-0.2, -0.15) is 0 Å². The van der Waals surface area contributed by atoms with Crippen LogP contribution >= 0.6 is 0 Å². The molecule has 1 heterocycles. The van der Waals surface area contributed by atoms with E-state index >= 15 is 0 Å². The molecule has 79 heavy (non-hydrogen) atoms. The third kappa shape index (κ3) is 38.1. The first-order chi connectivity index (χ1) is 38.6. The summed E-state index contributed by atoms with van der Waals surface area (Å²) in [5, 5.41) is 0.